The molecule has 4 nitrogen and oxygen atoms in total. The summed E-state index contributed by atoms with van der Waals surface area (Å²) in [6.45, 7) is 3.42. The van der Waals surface area contributed by atoms with Gasteiger partial charge in [0.2, 0.25) is 5.91 Å². The lowest BCUT2D eigenvalue weighted by Crippen LogP contribution is -2.43. The molecule has 0 aliphatic heterocycles. The van der Waals surface area contributed by atoms with E-state index in [1.807, 2.05) is 6.92 Å². The smallest absolute Gasteiger partial charge is 0.224 e. The number of anilines is 1. The fourth-order valence-corrected chi connectivity index (χ4v) is 1.79. The van der Waals surface area contributed by atoms with Gasteiger partial charge in [-0.05, 0) is 26.2 Å². The lowest BCUT2D eigenvalue weighted by Gasteiger charge is -2.36. The minimum absolute atomic E-state index is 0.0704. The van der Waals surface area contributed by atoms with Crippen molar-refractivity contribution in [1.29, 1.82) is 0 Å². The number of aryl methyl sites for hydroxylation is 1. The quantitative estimate of drug-likeness (QED) is 0.722. The molecule has 1 fully saturated rings. The molecule has 14 heavy (non-hydrogen) atoms. The van der Waals surface area contributed by atoms with Crippen molar-refractivity contribution in [3.8, 4) is 0 Å². The average molecular weight is 194 g/mol. The topological polar surface area (TPSA) is 46.3 Å². The standard InChI is InChI=1S/C10H14N2O2/c1-7-10(6-11-14-7)12(8(2)13)9-4-3-5-9/h6,9H,3-5H2,1-2H3. The van der Waals surface area contributed by atoms with Gasteiger partial charge in [0, 0.05) is 13.0 Å². The highest BCUT2D eigenvalue weighted by atomic mass is 16.5. The first-order chi connectivity index (χ1) is 6.70. The number of amides is 1. The third-order valence-electron chi connectivity index (χ3n) is 2.76. The second-order valence-corrected chi connectivity index (χ2v) is 3.74. The van der Waals surface area contributed by atoms with E-state index in [9.17, 15) is 4.79 Å². The lowest BCUT2D eigenvalue weighted by molar-refractivity contribution is -0.117. The molecule has 1 heterocycles. The fraction of sp³-hybridized carbons (Fsp3) is 0.600. The molecular formula is C10H14N2O2. The summed E-state index contributed by atoms with van der Waals surface area (Å²) >= 11 is 0. The number of hydrogen-bond donors (Lipinski definition) is 0. The molecule has 1 aromatic rings. The van der Waals surface area contributed by atoms with E-state index in [1.165, 1.54) is 6.42 Å². The van der Waals surface area contributed by atoms with Gasteiger partial charge in [0.1, 0.15) is 5.69 Å². The van der Waals surface area contributed by atoms with Crippen LogP contribution in [0.15, 0.2) is 10.7 Å². The Hall–Kier alpha value is -1.32. The monoisotopic (exact) mass is 194 g/mol. The summed E-state index contributed by atoms with van der Waals surface area (Å²) in [5.41, 5.74) is 0.821. The summed E-state index contributed by atoms with van der Waals surface area (Å²) in [5, 5.41) is 3.70. The first-order valence-electron chi connectivity index (χ1n) is 4.91. The first kappa shape index (κ1) is 9.24. The van der Waals surface area contributed by atoms with Crippen molar-refractivity contribution in [2.75, 3.05) is 4.90 Å². The van der Waals surface area contributed by atoms with Crippen molar-refractivity contribution in [1.82, 2.24) is 5.16 Å². The molecule has 0 aromatic carbocycles. The summed E-state index contributed by atoms with van der Waals surface area (Å²) in [4.78, 5) is 13.3. The van der Waals surface area contributed by atoms with Crippen molar-refractivity contribution < 1.29 is 9.32 Å². The molecular weight excluding hydrogens is 180 g/mol. The van der Waals surface area contributed by atoms with Gasteiger partial charge in [-0.2, -0.15) is 0 Å². The Morgan fingerprint density at radius 3 is 2.71 bits per heavy atom. The van der Waals surface area contributed by atoms with Crippen LogP contribution in [0.3, 0.4) is 0 Å². The van der Waals surface area contributed by atoms with Crippen molar-refractivity contribution >= 4 is 11.6 Å². The molecule has 4 heteroatoms. The number of carbonyl (C=O) groups is 1. The van der Waals surface area contributed by atoms with Crippen LogP contribution in [-0.4, -0.2) is 17.1 Å². The molecule has 0 bridgehead atoms. The Morgan fingerprint density at radius 2 is 2.36 bits per heavy atom. The van der Waals surface area contributed by atoms with Gasteiger partial charge in [-0.25, -0.2) is 0 Å². The summed E-state index contributed by atoms with van der Waals surface area (Å²) in [6, 6.07) is 0.352. The zero-order valence-electron chi connectivity index (χ0n) is 8.49. The molecule has 0 unspecified atom stereocenters. The van der Waals surface area contributed by atoms with E-state index in [2.05, 4.69) is 5.16 Å². The Labute approximate surface area is 82.9 Å². The Bertz CT molecular complexity index is 342. The maximum absolute atomic E-state index is 11.5. The van der Waals surface area contributed by atoms with Gasteiger partial charge in [-0.1, -0.05) is 5.16 Å². The number of aromatic nitrogens is 1. The fourth-order valence-electron chi connectivity index (χ4n) is 1.79. The molecule has 0 N–H and O–H groups in total. The van der Waals surface area contributed by atoms with E-state index < -0.39 is 0 Å². The summed E-state index contributed by atoms with van der Waals surface area (Å²) in [7, 11) is 0. The molecule has 0 atom stereocenters. The van der Waals surface area contributed by atoms with Crippen LogP contribution < -0.4 is 4.90 Å². The van der Waals surface area contributed by atoms with Crippen molar-refractivity contribution in [2.45, 2.75) is 39.2 Å². The van der Waals surface area contributed by atoms with E-state index in [4.69, 9.17) is 4.52 Å². The predicted molar refractivity (Wildman–Crippen MR) is 52.0 cm³/mol. The third-order valence-corrected chi connectivity index (χ3v) is 2.76. The molecule has 1 saturated carbocycles. The van der Waals surface area contributed by atoms with Crippen LogP contribution in [0, 0.1) is 6.92 Å². The molecule has 0 radical (unpaired) electrons. The molecule has 1 amide bonds. The van der Waals surface area contributed by atoms with Crippen LogP contribution >= 0.6 is 0 Å². The van der Waals surface area contributed by atoms with E-state index in [0.717, 1.165) is 18.5 Å². The van der Waals surface area contributed by atoms with E-state index in [0.29, 0.717) is 11.8 Å². The van der Waals surface area contributed by atoms with Gasteiger partial charge in [-0.15, -0.1) is 0 Å². The van der Waals surface area contributed by atoms with Crippen LogP contribution in [0.1, 0.15) is 31.9 Å². The van der Waals surface area contributed by atoms with E-state index in [-0.39, 0.29) is 5.91 Å². The summed E-state index contributed by atoms with van der Waals surface area (Å²) < 4.78 is 4.97. The summed E-state index contributed by atoms with van der Waals surface area (Å²) in [5.74, 6) is 0.785. The predicted octanol–water partition coefficient (Wildman–Crippen LogP) is 1.89. The van der Waals surface area contributed by atoms with Gasteiger partial charge in [0.15, 0.2) is 5.76 Å². The van der Waals surface area contributed by atoms with Crippen LogP contribution in [-0.2, 0) is 4.79 Å². The van der Waals surface area contributed by atoms with Crippen LogP contribution in [0.25, 0.3) is 0 Å². The highest BCUT2D eigenvalue weighted by Crippen LogP contribution is 2.31. The third kappa shape index (κ3) is 1.41. The molecule has 0 spiro atoms. The highest BCUT2D eigenvalue weighted by Gasteiger charge is 2.30. The SMILES string of the molecule is CC(=O)N(c1cnoc1C)C1CCC1. The number of carbonyl (C=O) groups excluding carboxylic acids is 1. The Balaban J connectivity index is 2.26. The van der Waals surface area contributed by atoms with E-state index >= 15 is 0 Å². The lowest BCUT2D eigenvalue weighted by atomic mass is 9.91. The normalized spacial score (nSPS) is 16.4. The van der Waals surface area contributed by atoms with Crippen LogP contribution in [0.5, 0.6) is 0 Å². The maximum atomic E-state index is 11.5. The zero-order valence-corrected chi connectivity index (χ0v) is 8.49. The Kier molecular flexibility index (Phi) is 2.27. The maximum Gasteiger partial charge on any atom is 0.224 e. The zero-order chi connectivity index (χ0) is 10.1. The second-order valence-electron chi connectivity index (χ2n) is 3.74. The highest BCUT2D eigenvalue weighted by molar-refractivity contribution is 5.92. The molecule has 76 valence electrons. The van der Waals surface area contributed by atoms with Gasteiger partial charge in [-0.3, -0.25) is 4.79 Å². The molecule has 1 aliphatic rings. The minimum atomic E-state index is 0.0704. The van der Waals surface area contributed by atoms with Crippen molar-refractivity contribution in [3.05, 3.63) is 12.0 Å². The van der Waals surface area contributed by atoms with Gasteiger partial charge < -0.3 is 9.42 Å². The van der Waals surface area contributed by atoms with E-state index in [1.54, 1.807) is 18.0 Å². The second kappa shape index (κ2) is 3.44. The largest absolute Gasteiger partial charge is 0.359 e. The van der Waals surface area contributed by atoms with Crippen molar-refractivity contribution in [3.63, 3.8) is 0 Å². The average Bonchev–Trinajstić information content (AvgIpc) is 2.42. The van der Waals surface area contributed by atoms with Crippen LogP contribution in [0.4, 0.5) is 5.69 Å². The summed E-state index contributed by atoms with van der Waals surface area (Å²) in [6.07, 6.45) is 5.00. The number of nitrogens with zero attached hydrogens (tertiary/aromatic N) is 2. The molecule has 0 saturated heterocycles. The molecule has 1 aliphatic carbocycles. The van der Waals surface area contributed by atoms with Gasteiger partial charge in [0.25, 0.3) is 0 Å². The van der Waals surface area contributed by atoms with Crippen molar-refractivity contribution in [2.24, 2.45) is 0 Å². The minimum Gasteiger partial charge on any atom is -0.359 e. The number of rotatable bonds is 2. The number of hydrogen-bond acceptors (Lipinski definition) is 3. The molecule has 1 aromatic heterocycles. The Morgan fingerprint density at radius 1 is 1.64 bits per heavy atom. The first-order valence-corrected chi connectivity index (χ1v) is 4.91. The van der Waals surface area contributed by atoms with Crippen LogP contribution in [0.2, 0.25) is 0 Å². The van der Waals surface area contributed by atoms with Gasteiger partial charge in [0.05, 0.1) is 6.20 Å². The molecule has 2 rings (SSSR count). The van der Waals surface area contributed by atoms with Gasteiger partial charge >= 0.3 is 0 Å².